The van der Waals surface area contributed by atoms with E-state index in [9.17, 15) is 0 Å². The van der Waals surface area contributed by atoms with Crippen LogP contribution in [0.25, 0.3) is 0 Å². The number of rotatable bonds is 2. The van der Waals surface area contributed by atoms with Crippen LogP contribution in [0.3, 0.4) is 0 Å². The van der Waals surface area contributed by atoms with Gasteiger partial charge in [0.15, 0.2) is 0 Å². The lowest BCUT2D eigenvalue weighted by Crippen LogP contribution is -2.22. The van der Waals surface area contributed by atoms with E-state index in [1.54, 1.807) is 0 Å². The molecule has 1 atom stereocenters. The second-order valence-corrected chi connectivity index (χ2v) is 4.60. The van der Waals surface area contributed by atoms with E-state index in [-0.39, 0.29) is 0 Å². The molecule has 1 aromatic carbocycles. The monoisotopic (exact) mass is 204 g/mol. The number of nitrogens with zero attached hydrogens (tertiary/aromatic N) is 1. The summed E-state index contributed by atoms with van der Waals surface area (Å²) in [5.74, 6) is 0.687. The normalized spacial score (nSPS) is 21.0. The molecule has 0 aliphatic carbocycles. The van der Waals surface area contributed by atoms with Crippen molar-refractivity contribution < 1.29 is 0 Å². The molecule has 2 heteroatoms. The third-order valence-corrected chi connectivity index (χ3v) is 3.47. The summed E-state index contributed by atoms with van der Waals surface area (Å²) in [5.41, 5.74) is 9.80. The minimum absolute atomic E-state index is 0.687. The SMILES string of the molecule is Cc1ccc(N2CC[C@@H](CN)C2)cc1C. The van der Waals surface area contributed by atoms with Gasteiger partial charge < -0.3 is 10.6 Å². The zero-order chi connectivity index (χ0) is 10.8. The molecule has 0 aromatic heterocycles. The Morgan fingerprint density at radius 3 is 2.73 bits per heavy atom. The van der Waals surface area contributed by atoms with Crippen molar-refractivity contribution in [3.05, 3.63) is 29.3 Å². The van der Waals surface area contributed by atoms with Crippen LogP contribution < -0.4 is 10.6 Å². The van der Waals surface area contributed by atoms with E-state index in [1.807, 2.05) is 0 Å². The topological polar surface area (TPSA) is 29.3 Å². The summed E-state index contributed by atoms with van der Waals surface area (Å²) < 4.78 is 0. The van der Waals surface area contributed by atoms with Gasteiger partial charge in [-0.25, -0.2) is 0 Å². The Kier molecular flexibility index (Phi) is 2.96. The number of nitrogens with two attached hydrogens (primary N) is 1. The minimum atomic E-state index is 0.687. The van der Waals surface area contributed by atoms with Gasteiger partial charge in [-0.15, -0.1) is 0 Å². The molecular weight excluding hydrogens is 184 g/mol. The molecule has 1 fully saturated rings. The van der Waals surface area contributed by atoms with Crippen LogP contribution in [0.5, 0.6) is 0 Å². The average Bonchev–Trinajstić information content (AvgIpc) is 2.70. The highest BCUT2D eigenvalue weighted by Crippen LogP contribution is 2.24. The zero-order valence-corrected chi connectivity index (χ0v) is 9.66. The van der Waals surface area contributed by atoms with E-state index in [2.05, 4.69) is 36.9 Å². The smallest absolute Gasteiger partial charge is 0.0369 e. The molecule has 2 N–H and O–H groups in total. The Morgan fingerprint density at radius 1 is 1.33 bits per heavy atom. The second-order valence-electron chi connectivity index (χ2n) is 4.60. The Morgan fingerprint density at radius 2 is 2.13 bits per heavy atom. The molecule has 1 aromatic rings. The van der Waals surface area contributed by atoms with Crippen molar-refractivity contribution in [2.24, 2.45) is 11.7 Å². The standard InChI is InChI=1S/C13H20N2/c1-10-3-4-13(7-11(10)2)15-6-5-12(8-14)9-15/h3-4,7,12H,5-6,8-9,14H2,1-2H3/t12-/m0/s1. The lowest BCUT2D eigenvalue weighted by molar-refractivity contribution is 0.602. The number of hydrogen-bond donors (Lipinski definition) is 1. The molecule has 1 aliphatic rings. The van der Waals surface area contributed by atoms with Crippen molar-refractivity contribution in [2.45, 2.75) is 20.3 Å². The fourth-order valence-corrected chi connectivity index (χ4v) is 2.18. The van der Waals surface area contributed by atoms with E-state index < -0.39 is 0 Å². The zero-order valence-electron chi connectivity index (χ0n) is 9.66. The largest absolute Gasteiger partial charge is 0.371 e. The van der Waals surface area contributed by atoms with Gasteiger partial charge in [-0.3, -0.25) is 0 Å². The van der Waals surface area contributed by atoms with Crippen LogP contribution in [0.2, 0.25) is 0 Å². The van der Waals surface area contributed by atoms with Crippen molar-refractivity contribution in [2.75, 3.05) is 24.5 Å². The quantitative estimate of drug-likeness (QED) is 0.799. The average molecular weight is 204 g/mol. The molecule has 2 rings (SSSR count). The molecule has 1 aliphatic heterocycles. The van der Waals surface area contributed by atoms with Gasteiger partial charge in [0.05, 0.1) is 0 Å². The Hall–Kier alpha value is -1.02. The predicted molar refractivity (Wildman–Crippen MR) is 65.3 cm³/mol. The molecule has 15 heavy (non-hydrogen) atoms. The maximum atomic E-state index is 5.70. The highest BCUT2D eigenvalue weighted by molar-refractivity contribution is 5.51. The predicted octanol–water partition coefficient (Wildman–Crippen LogP) is 2.09. The van der Waals surface area contributed by atoms with Crippen molar-refractivity contribution in [3.8, 4) is 0 Å². The van der Waals surface area contributed by atoms with Gasteiger partial charge >= 0.3 is 0 Å². The van der Waals surface area contributed by atoms with Crippen LogP contribution in [0, 0.1) is 19.8 Å². The molecule has 0 unspecified atom stereocenters. The molecule has 0 radical (unpaired) electrons. The van der Waals surface area contributed by atoms with E-state index in [0.29, 0.717) is 5.92 Å². The van der Waals surface area contributed by atoms with Gasteiger partial charge in [-0.2, -0.15) is 0 Å². The highest BCUT2D eigenvalue weighted by atomic mass is 15.2. The first-order valence-corrected chi connectivity index (χ1v) is 5.73. The molecule has 2 nitrogen and oxygen atoms in total. The van der Waals surface area contributed by atoms with E-state index >= 15 is 0 Å². The van der Waals surface area contributed by atoms with Gasteiger partial charge in [0.1, 0.15) is 0 Å². The van der Waals surface area contributed by atoms with Gasteiger partial charge in [-0.05, 0) is 56.0 Å². The fourth-order valence-electron chi connectivity index (χ4n) is 2.18. The van der Waals surface area contributed by atoms with Crippen LogP contribution in [-0.4, -0.2) is 19.6 Å². The molecule has 0 bridgehead atoms. The lowest BCUT2D eigenvalue weighted by Gasteiger charge is -2.19. The highest BCUT2D eigenvalue weighted by Gasteiger charge is 2.21. The first-order valence-electron chi connectivity index (χ1n) is 5.73. The summed E-state index contributed by atoms with van der Waals surface area (Å²) in [7, 11) is 0. The maximum Gasteiger partial charge on any atom is 0.0369 e. The number of aryl methyl sites for hydroxylation is 2. The van der Waals surface area contributed by atoms with Crippen LogP contribution >= 0.6 is 0 Å². The van der Waals surface area contributed by atoms with E-state index in [1.165, 1.54) is 23.2 Å². The first kappa shape index (κ1) is 10.5. The van der Waals surface area contributed by atoms with Gasteiger partial charge in [0, 0.05) is 18.8 Å². The fraction of sp³-hybridized carbons (Fsp3) is 0.538. The molecule has 82 valence electrons. The summed E-state index contributed by atoms with van der Waals surface area (Å²) in [6.07, 6.45) is 1.24. The van der Waals surface area contributed by atoms with Crippen molar-refractivity contribution >= 4 is 5.69 Å². The van der Waals surface area contributed by atoms with Gasteiger partial charge in [0.25, 0.3) is 0 Å². The maximum absolute atomic E-state index is 5.70. The Balaban J connectivity index is 2.13. The third-order valence-electron chi connectivity index (χ3n) is 3.47. The molecule has 1 heterocycles. The number of hydrogen-bond acceptors (Lipinski definition) is 2. The second kappa shape index (κ2) is 4.23. The van der Waals surface area contributed by atoms with Crippen LogP contribution in [0.15, 0.2) is 18.2 Å². The lowest BCUT2D eigenvalue weighted by atomic mass is 10.1. The van der Waals surface area contributed by atoms with E-state index in [4.69, 9.17) is 5.73 Å². The van der Waals surface area contributed by atoms with Crippen molar-refractivity contribution in [1.82, 2.24) is 0 Å². The number of anilines is 1. The molecule has 0 spiro atoms. The molecule has 0 amide bonds. The van der Waals surface area contributed by atoms with Crippen molar-refractivity contribution in [1.29, 1.82) is 0 Å². The summed E-state index contributed by atoms with van der Waals surface area (Å²) in [6, 6.07) is 6.72. The summed E-state index contributed by atoms with van der Waals surface area (Å²) in [6.45, 7) is 7.44. The minimum Gasteiger partial charge on any atom is -0.371 e. The molecule has 0 saturated carbocycles. The Bertz CT molecular complexity index is 346. The van der Waals surface area contributed by atoms with E-state index in [0.717, 1.165) is 19.6 Å². The third kappa shape index (κ3) is 2.15. The molecule has 1 saturated heterocycles. The van der Waals surface area contributed by atoms with Crippen LogP contribution in [0.4, 0.5) is 5.69 Å². The van der Waals surface area contributed by atoms with Gasteiger partial charge in [0.2, 0.25) is 0 Å². The summed E-state index contributed by atoms with van der Waals surface area (Å²) in [5, 5.41) is 0. The summed E-state index contributed by atoms with van der Waals surface area (Å²) >= 11 is 0. The molecular formula is C13H20N2. The van der Waals surface area contributed by atoms with Crippen LogP contribution in [0.1, 0.15) is 17.5 Å². The Labute approximate surface area is 92.1 Å². The summed E-state index contributed by atoms with van der Waals surface area (Å²) in [4.78, 5) is 2.45. The van der Waals surface area contributed by atoms with Gasteiger partial charge in [-0.1, -0.05) is 6.07 Å². The number of benzene rings is 1. The first-order chi connectivity index (χ1) is 7.20. The van der Waals surface area contributed by atoms with Crippen LogP contribution in [-0.2, 0) is 0 Å². The van der Waals surface area contributed by atoms with Crippen molar-refractivity contribution in [3.63, 3.8) is 0 Å².